The van der Waals surface area contributed by atoms with Crippen molar-refractivity contribution in [1.82, 2.24) is 9.47 Å². The number of carbonyl (C=O) groups excluding carboxylic acids is 1. The summed E-state index contributed by atoms with van der Waals surface area (Å²) >= 11 is 1.57. The van der Waals surface area contributed by atoms with Crippen molar-refractivity contribution >= 4 is 39.5 Å². The average molecular weight is 579 g/mol. The number of aliphatic imine (C=N–C) groups is 1. The normalized spacial score (nSPS) is 15.2. The molecule has 214 valence electrons. The molecule has 6 rings (SSSR count). The van der Waals surface area contributed by atoms with Gasteiger partial charge in [0.15, 0.2) is 0 Å². The Kier molecular flexibility index (Phi) is 8.19. The Balaban J connectivity index is 1.50. The second-order valence-corrected chi connectivity index (χ2v) is 11.3. The molecule has 1 amide bonds. The highest BCUT2D eigenvalue weighted by Crippen LogP contribution is 2.40. The second-order valence-electron chi connectivity index (χ2n) is 10.5. The minimum absolute atomic E-state index is 0.108. The van der Waals surface area contributed by atoms with Crippen LogP contribution in [0.2, 0.25) is 0 Å². The summed E-state index contributed by atoms with van der Waals surface area (Å²) in [6.07, 6.45) is 0.758. The summed E-state index contributed by atoms with van der Waals surface area (Å²) in [4.78, 5) is 19.7. The highest BCUT2D eigenvalue weighted by molar-refractivity contribution is 7.08. The first-order valence-corrected chi connectivity index (χ1v) is 15.2. The second kappa shape index (κ2) is 12.3. The first-order chi connectivity index (χ1) is 20.5. The van der Waals surface area contributed by atoms with Gasteiger partial charge in [-0.3, -0.25) is 9.69 Å². The van der Waals surface area contributed by atoms with Gasteiger partial charge >= 0.3 is 0 Å². The van der Waals surface area contributed by atoms with E-state index in [1.165, 1.54) is 5.56 Å². The van der Waals surface area contributed by atoms with Crippen LogP contribution >= 0.6 is 11.3 Å². The van der Waals surface area contributed by atoms with Gasteiger partial charge < -0.3 is 20.1 Å². The number of nitrogens with zero attached hydrogens (tertiary/aromatic N) is 3. The number of aromatic nitrogens is 1. The number of amides is 1. The van der Waals surface area contributed by atoms with Crippen LogP contribution in [0.1, 0.15) is 52.0 Å². The van der Waals surface area contributed by atoms with Crippen molar-refractivity contribution in [2.75, 3.05) is 26.3 Å². The summed E-state index contributed by atoms with van der Waals surface area (Å²) in [5.74, 6) is -0.411. The number of hydrogen-bond acceptors (Lipinski definition) is 6. The minimum Gasteiger partial charge on any atom is -0.494 e. The van der Waals surface area contributed by atoms with E-state index in [2.05, 4.69) is 36.1 Å². The van der Waals surface area contributed by atoms with Gasteiger partial charge in [0.1, 0.15) is 0 Å². The average Bonchev–Trinajstić information content (AvgIpc) is 3.65. The fourth-order valence-electron chi connectivity index (χ4n) is 5.73. The van der Waals surface area contributed by atoms with Crippen molar-refractivity contribution < 1.29 is 14.6 Å². The summed E-state index contributed by atoms with van der Waals surface area (Å²) in [7, 11) is 0. The lowest BCUT2D eigenvalue weighted by molar-refractivity contribution is 0.0342. The van der Waals surface area contributed by atoms with E-state index in [1.807, 2.05) is 57.8 Å². The monoisotopic (exact) mass is 578 g/mol. The zero-order valence-electron chi connectivity index (χ0n) is 23.6. The molecule has 3 heterocycles. The summed E-state index contributed by atoms with van der Waals surface area (Å²) in [6, 6.07) is 25.7. The third-order valence-corrected chi connectivity index (χ3v) is 8.55. The van der Waals surface area contributed by atoms with Gasteiger partial charge in [-0.1, -0.05) is 49.4 Å². The number of thiophene rings is 1. The Morgan fingerprint density at radius 3 is 2.45 bits per heavy atom. The van der Waals surface area contributed by atoms with Gasteiger partial charge in [-0.05, 0) is 59.3 Å². The maximum Gasteiger partial charge on any atom is 0.248 e. The Morgan fingerprint density at radius 1 is 1.02 bits per heavy atom. The zero-order chi connectivity index (χ0) is 29.1. The van der Waals surface area contributed by atoms with E-state index in [1.54, 1.807) is 23.5 Å². The van der Waals surface area contributed by atoms with Crippen LogP contribution in [0.5, 0.6) is 5.88 Å². The smallest absolute Gasteiger partial charge is 0.248 e. The Labute approximate surface area is 249 Å². The molecule has 0 unspecified atom stereocenters. The van der Waals surface area contributed by atoms with Crippen molar-refractivity contribution in [3.8, 4) is 5.88 Å². The van der Waals surface area contributed by atoms with Crippen molar-refractivity contribution in [2.24, 2.45) is 10.7 Å². The lowest BCUT2D eigenvalue weighted by Gasteiger charge is -2.26. The summed E-state index contributed by atoms with van der Waals surface area (Å²) < 4.78 is 7.44. The predicted octanol–water partition coefficient (Wildman–Crippen LogP) is 6.51. The molecule has 1 aliphatic heterocycles. The summed E-state index contributed by atoms with van der Waals surface area (Å²) in [6.45, 7) is 6.37. The number of morpholine rings is 1. The fourth-order valence-corrected chi connectivity index (χ4v) is 6.37. The van der Waals surface area contributed by atoms with Crippen molar-refractivity contribution in [1.29, 1.82) is 0 Å². The molecule has 1 saturated heterocycles. The highest BCUT2D eigenvalue weighted by atomic mass is 32.1. The third kappa shape index (κ3) is 5.61. The highest BCUT2D eigenvalue weighted by Gasteiger charge is 2.27. The van der Waals surface area contributed by atoms with Gasteiger partial charge in [0.2, 0.25) is 11.8 Å². The van der Waals surface area contributed by atoms with Crippen LogP contribution in [0.3, 0.4) is 0 Å². The summed E-state index contributed by atoms with van der Waals surface area (Å²) in [5, 5.41) is 16.8. The van der Waals surface area contributed by atoms with Gasteiger partial charge in [0.05, 0.1) is 41.7 Å². The van der Waals surface area contributed by atoms with E-state index < -0.39 is 5.91 Å². The first-order valence-electron chi connectivity index (χ1n) is 14.3. The molecular weight excluding hydrogens is 544 g/mol. The molecule has 42 heavy (non-hydrogen) atoms. The zero-order valence-corrected chi connectivity index (χ0v) is 24.4. The van der Waals surface area contributed by atoms with E-state index >= 15 is 0 Å². The Hall–Kier alpha value is -4.24. The number of aromatic hydroxyl groups is 1. The number of rotatable bonds is 9. The molecule has 0 spiro atoms. The molecule has 2 aromatic heterocycles. The topological polar surface area (TPSA) is 93.1 Å². The van der Waals surface area contributed by atoms with Gasteiger partial charge in [-0.25, -0.2) is 4.99 Å². The first kappa shape index (κ1) is 27.9. The third-order valence-electron chi connectivity index (χ3n) is 7.86. The predicted molar refractivity (Wildman–Crippen MR) is 169 cm³/mol. The Bertz CT molecular complexity index is 1700. The van der Waals surface area contributed by atoms with Gasteiger partial charge in [0.25, 0.3) is 0 Å². The van der Waals surface area contributed by atoms with Crippen molar-refractivity contribution in [2.45, 2.75) is 25.9 Å². The molecule has 0 radical (unpaired) electrons. The molecule has 0 saturated carbocycles. The molecule has 0 aliphatic carbocycles. The number of fused-ring (bicyclic) bond motifs is 1. The lowest BCUT2D eigenvalue weighted by atomic mass is 10.0. The number of hydrogen-bond donors (Lipinski definition) is 2. The number of ether oxygens (including phenoxy) is 1. The molecular formula is C34H34N4O3S. The van der Waals surface area contributed by atoms with Crippen LogP contribution in [-0.4, -0.2) is 52.5 Å². The number of carbonyl (C=O) groups is 1. The molecule has 8 heteroatoms. The Morgan fingerprint density at radius 2 is 1.79 bits per heavy atom. The van der Waals surface area contributed by atoms with E-state index in [0.717, 1.165) is 67.0 Å². The van der Waals surface area contributed by atoms with Gasteiger partial charge in [0, 0.05) is 41.5 Å². The van der Waals surface area contributed by atoms with Crippen LogP contribution in [0.25, 0.3) is 10.9 Å². The molecule has 3 N–H and O–H groups in total. The van der Waals surface area contributed by atoms with Crippen LogP contribution in [0, 0.1) is 0 Å². The van der Waals surface area contributed by atoms with E-state index in [9.17, 15) is 9.90 Å². The van der Waals surface area contributed by atoms with E-state index in [0.29, 0.717) is 16.8 Å². The maximum absolute atomic E-state index is 12.2. The van der Waals surface area contributed by atoms with Gasteiger partial charge in [-0.15, -0.1) is 0 Å². The van der Waals surface area contributed by atoms with Crippen molar-refractivity contribution in [3.63, 3.8) is 0 Å². The lowest BCUT2D eigenvalue weighted by Crippen LogP contribution is -2.35. The fraction of sp³-hybridized carbons (Fsp3) is 0.235. The van der Waals surface area contributed by atoms with Crippen LogP contribution in [-0.2, 0) is 11.3 Å². The van der Waals surface area contributed by atoms with Crippen LogP contribution in [0.4, 0.5) is 5.69 Å². The molecule has 7 nitrogen and oxygen atoms in total. The van der Waals surface area contributed by atoms with Crippen molar-refractivity contribution in [3.05, 3.63) is 117 Å². The number of nitrogens with two attached hydrogens (primary N) is 1. The number of primary amides is 1. The van der Waals surface area contributed by atoms with Crippen LogP contribution < -0.4 is 5.73 Å². The van der Waals surface area contributed by atoms with E-state index in [-0.39, 0.29) is 11.9 Å². The molecule has 5 aromatic rings. The standard InChI is InChI=1S/C34H34N4O3S/c1-2-29(24-6-4-3-5-7-24)38-30-13-10-25(33(35)39)20-28(30)31(34(38)40)32(26-14-19-42-22-26)36-27-11-8-23(9-12-27)21-37-15-17-41-18-16-37/h3-14,19-20,22,29,40H,2,15-18,21H2,1H3,(H2,35,39)/t29-/m1/s1. The van der Waals surface area contributed by atoms with Crippen LogP contribution in [0.15, 0.2) is 94.6 Å². The molecule has 3 aromatic carbocycles. The quantitative estimate of drug-likeness (QED) is 0.195. The molecule has 1 aliphatic rings. The SMILES string of the molecule is CC[C@H](c1ccccc1)n1c(O)c(C(=Nc2ccc(CN3CCOCC3)cc2)c2ccsc2)c2cc(C(N)=O)ccc21. The van der Waals surface area contributed by atoms with E-state index in [4.69, 9.17) is 15.5 Å². The maximum atomic E-state index is 12.2. The molecule has 0 bridgehead atoms. The molecule has 1 fully saturated rings. The van der Waals surface area contributed by atoms with Gasteiger partial charge in [-0.2, -0.15) is 11.3 Å². The number of benzene rings is 3. The minimum atomic E-state index is -0.518. The molecule has 1 atom stereocenters. The largest absolute Gasteiger partial charge is 0.494 e. The summed E-state index contributed by atoms with van der Waals surface area (Å²) in [5.41, 5.74) is 12.1.